The number of alkyl halides is 4. The van der Waals surface area contributed by atoms with Gasteiger partial charge in [0.2, 0.25) is 15.9 Å². The molecule has 11 nitrogen and oxygen atoms in total. The summed E-state index contributed by atoms with van der Waals surface area (Å²) >= 11 is 0. The van der Waals surface area contributed by atoms with E-state index in [1.807, 2.05) is 0 Å². The van der Waals surface area contributed by atoms with Gasteiger partial charge in [0.15, 0.2) is 11.6 Å². The fourth-order valence-corrected chi connectivity index (χ4v) is 9.82. The van der Waals surface area contributed by atoms with Crippen LogP contribution in [0.25, 0.3) is 27.7 Å². The van der Waals surface area contributed by atoms with Gasteiger partial charge in [-0.2, -0.15) is 18.2 Å². The first-order chi connectivity index (χ1) is 29.5. The van der Waals surface area contributed by atoms with Crippen LogP contribution in [0.4, 0.5) is 35.1 Å². The third-order valence-corrected chi connectivity index (χ3v) is 13.2. The van der Waals surface area contributed by atoms with E-state index in [2.05, 4.69) is 15.4 Å². The Morgan fingerprint density at radius 2 is 1.65 bits per heavy atom. The molecule has 2 aliphatic carbocycles. The van der Waals surface area contributed by atoms with Crippen molar-refractivity contribution in [3.8, 4) is 16.8 Å². The number of sulfonamides is 1. The number of halogens is 8. The number of nitrogens with one attached hydrogen (secondary N) is 1. The van der Waals surface area contributed by atoms with Crippen LogP contribution in [0.15, 0.2) is 88.6 Å². The van der Waals surface area contributed by atoms with Crippen molar-refractivity contribution >= 4 is 26.8 Å². The lowest BCUT2D eigenvalue weighted by Gasteiger charge is -2.26. The number of hydrogen-bond donors (Lipinski definition) is 1. The van der Waals surface area contributed by atoms with Crippen LogP contribution in [0.2, 0.25) is 0 Å². The lowest BCUT2D eigenvalue weighted by atomic mass is 10.0. The zero-order valence-corrected chi connectivity index (χ0v) is 32.8. The minimum Gasteiger partial charge on any atom is -0.379 e. The second-order valence-electron chi connectivity index (χ2n) is 15.2. The smallest absolute Gasteiger partial charge is 0.293 e. The van der Waals surface area contributed by atoms with E-state index < -0.39 is 99.3 Å². The number of benzene rings is 4. The van der Waals surface area contributed by atoms with E-state index in [9.17, 15) is 40.0 Å². The van der Waals surface area contributed by atoms with Crippen LogP contribution in [-0.2, 0) is 38.4 Å². The number of ether oxygens (including phenoxy) is 1. The summed E-state index contributed by atoms with van der Waals surface area (Å²) < 4.78 is 153. The molecule has 322 valence electrons. The minimum absolute atomic E-state index is 0.00408. The maximum atomic E-state index is 15.4. The first kappa shape index (κ1) is 41.4. The molecule has 0 bridgehead atoms. The molecule has 1 amide bonds. The lowest BCUT2D eigenvalue weighted by Crippen LogP contribution is -2.40. The fourth-order valence-electron chi connectivity index (χ4n) is 8.41. The molecular formula is C42H32F8N6O5S. The number of nitrogens with zero attached hydrogens (tertiary/aromatic N) is 5. The van der Waals surface area contributed by atoms with Crippen LogP contribution in [0, 0.1) is 29.2 Å². The lowest BCUT2D eigenvalue weighted by molar-refractivity contribution is -0.123. The molecule has 3 aliphatic rings. The van der Waals surface area contributed by atoms with E-state index in [0.29, 0.717) is 10.7 Å². The average molecular weight is 885 g/mol. The number of fused-ring (bicyclic) bond motifs is 4. The first-order valence-corrected chi connectivity index (χ1v) is 20.7. The average Bonchev–Trinajstić information content (AvgIpc) is 3.89. The Labute approximate surface area is 346 Å². The summed E-state index contributed by atoms with van der Waals surface area (Å²) in [4.78, 5) is 33.2. The van der Waals surface area contributed by atoms with Gasteiger partial charge in [-0.15, -0.1) is 0 Å². The van der Waals surface area contributed by atoms with Gasteiger partial charge in [-0.25, -0.2) is 39.7 Å². The van der Waals surface area contributed by atoms with E-state index in [4.69, 9.17) is 4.74 Å². The molecule has 0 unspecified atom stereocenters. The quantitative estimate of drug-likeness (QED) is 0.138. The summed E-state index contributed by atoms with van der Waals surface area (Å²) in [7, 11) is -4.03. The molecule has 9 rings (SSSR count). The zero-order valence-electron chi connectivity index (χ0n) is 32.0. The van der Waals surface area contributed by atoms with Crippen LogP contribution in [0.1, 0.15) is 53.1 Å². The maximum absolute atomic E-state index is 15.4. The SMILES string of the molecule is O=C(Cn1nc(C(F)F)c2c1C(F)(F)[C@@H]1C[C@H]21)N[C@@H](Cc1cc(F)cc(F)c1)c1nc2cc(-c3cccc(F)c3F)ccc2c(=O)n1-c1ccc(S(=O)(=O)N2CCOCC2)cc1. The molecule has 1 saturated heterocycles. The number of aromatic nitrogens is 4. The molecular weight excluding hydrogens is 853 g/mol. The van der Waals surface area contributed by atoms with Crippen molar-refractivity contribution in [3.63, 3.8) is 0 Å². The van der Waals surface area contributed by atoms with Gasteiger partial charge in [0.25, 0.3) is 17.9 Å². The van der Waals surface area contributed by atoms with E-state index in [1.54, 1.807) is 0 Å². The van der Waals surface area contributed by atoms with Crippen molar-refractivity contribution in [2.75, 3.05) is 26.3 Å². The van der Waals surface area contributed by atoms with Crippen molar-refractivity contribution in [1.29, 1.82) is 0 Å². The number of morpholine rings is 1. The Kier molecular flexibility index (Phi) is 10.3. The van der Waals surface area contributed by atoms with Gasteiger partial charge in [0.1, 0.15) is 35.4 Å². The molecule has 3 atom stereocenters. The molecule has 2 fully saturated rings. The fraction of sp³-hybridized carbons (Fsp3) is 0.286. The van der Waals surface area contributed by atoms with Crippen molar-refractivity contribution < 1.29 is 53.1 Å². The monoisotopic (exact) mass is 884 g/mol. The number of carbonyl (C=O) groups excluding carboxylic acids is 1. The molecule has 1 aliphatic heterocycles. The Hall–Kier alpha value is -5.99. The van der Waals surface area contributed by atoms with Crippen molar-refractivity contribution in [2.24, 2.45) is 5.92 Å². The maximum Gasteiger partial charge on any atom is 0.293 e. The summed E-state index contributed by atoms with van der Waals surface area (Å²) in [5.41, 5.74) is -3.16. The largest absolute Gasteiger partial charge is 0.379 e. The Morgan fingerprint density at radius 1 is 0.935 bits per heavy atom. The summed E-state index contributed by atoms with van der Waals surface area (Å²) in [6, 6.07) is 13.3. The Balaban J connectivity index is 1.19. The number of amides is 1. The number of hydrogen-bond acceptors (Lipinski definition) is 7. The van der Waals surface area contributed by atoms with Crippen molar-refractivity contribution in [2.45, 2.75) is 48.6 Å². The normalized spacial score (nSPS) is 18.8. The third kappa shape index (κ3) is 7.22. The molecule has 4 aromatic carbocycles. The highest BCUT2D eigenvalue weighted by Crippen LogP contribution is 2.68. The molecule has 20 heteroatoms. The number of carbonyl (C=O) groups is 1. The third-order valence-electron chi connectivity index (χ3n) is 11.3. The molecule has 6 aromatic rings. The molecule has 0 spiro atoms. The van der Waals surface area contributed by atoms with Crippen LogP contribution < -0.4 is 10.9 Å². The van der Waals surface area contributed by atoms with Gasteiger partial charge in [-0.1, -0.05) is 18.2 Å². The molecule has 1 N–H and O–H groups in total. The van der Waals surface area contributed by atoms with Gasteiger partial charge >= 0.3 is 0 Å². The van der Waals surface area contributed by atoms with Gasteiger partial charge in [0, 0.05) is 42.6 Å². The summed E-state index contributed by atoms with van der Waals surface area (Å²) in [5.74, 6) is -11.5. The predicted octanol–water partition coefficient (Wildman–Crippen LogP) is 7.07. The van der Waals surface area contributed by atoms with Crippen molar-refractivity contribution in [1.82, 2.24) is 29.0 Å². The standard InChI is InChI=1S/C42H32F8N6O5S/c43-23-14-21(15-24(44)18-23)16-33(51-34(57)20-55-38-35(37(53-55)39(47)48)29-19-30(29)42(38,49)50)40-52-32-17-22(27-2-1-3-31(45)36(27)46)4-9-28(32)41(58)56(40)25-5-7-26(8-6-25)62(59,60)54-10-12-61-13-11-54/h1-9,14-15,17-18,29-30,33,39H,10-13,16,19-20H2,(H,51,57)/t29-,30+,33-/m0/s1. The highest BCUT2D eigenvalue weighted by atomic mass is 32.2. The van der Waals surface area contributed by atoms with Crippen molar-refractivity contribution in [3.05, 3.63) is 141 Å². The highest BCUT2D eigenvalue weighted by molar-refractivity contribution is 7.89. The molecule has 3 heterocycles. The van der Waals surface area contributed by atoms with Crippen LogP contribution >= 0.6 is 0 Å². The Morgan fingerprint density at radius 3 is 2.34 bits per heavy atom. The van der Waals surface area contributed by atoms with Crippen LogP contribution in [0.3, 0.4) is 0 Å². The molecule has 62 heavy (non-hydrogen) atoms. The topological polar surface area (TPSA) is 128 Å². The highest BCUT2D eigenvalue weighted by Gasteiger charge is 2.67. The minimum atomic E-state index is -4.03. The second-order valence-corrected chi connectivity index (χ2v) is 17.2. The molecule has 1 saturated carbocycles. The Bertz CT molecular complexity index is 2940. The van der Waals surface area contributed by atoms with E-state index >= 15 is 13.2 Å². The van der Waals surface area contributed by atoms with Gasteiger partial charge in [0.05, 0.1) is 40.7 Å². The van der Waals surface area contributed by atoms with Gasteiger partial charge < -0.3 is 10.1 Å². The summed E-state index contributed by atoms with van der Waals surface area (Å²) in [6.45, 7) is -0.485. The van der Waals surface area contributed by atoms with E-state index in [-0.39, 0.29) is 82.3 Å². The van der Waals surface area contributed by atoms with E-state index in [1.165, 1.54) is 58.9 Å². The number of rotatable bonds is 11. The summed E-state index contributed by atoms with van der Waals surface area (Å²) in [6.07, 6.45) is -3.76. The zero-order chi connectivity index (χ0) is 43.8. The first-order valence-electron chi connectivity index (χ1n) is 19.2. The molecule has 2 aromatic heterocycles. The van der Waals surface area contributed by atoms with E-state index in [0.717, 1.165) is 22.8 Å². The van der Waals surface area contributed by atoms with Crippen LogP contribution in [-0.4, -0.2) is 64.3 Å². The van der Waals surface area contributed by atoms with Gasteiger partial charge in [-0.05, 0) is 78.1 Å². The second kappa shape index (κ2) is 15.4. The molecule has 0 radical (unpaired) electrons. The van der Waals surface area contributed by atoms with Gasteiger partial charge in [-0.3, -0.25) is 18.8 Å². The van der Waals surface area contributed by atoms with Crippen LogP contribution in [0.5, 0.6) is 0 Å². The summed E-state index contributed by atoms with van der Waals surface area (Å²) in [5, 5.41) is 6.18. The predicted molar refractivity (Wildman–Crippen MR) is 205 cm³/mol.